The Balaban J connectivity index is 1.47. The van der Waals surface area contributed by atoms with Crippen LogP contribution < -0.4 is 0 Å². The second-order valence-corrected chi connectivity index (χ2v) is 6.44. The van der Waals surface area contributed by atoms with Crippen molar-refractivity contribution in [3.63, 3.8) is 0 Å². The van der Waals surface area contributed by atoms with E-state index in [1.165, 1.54) is 5.56 Å². The number of nitrogens with zero attached hydrogens (tertiary/aromatic N) is 3. The van der Waals surface area contributed by atoms with Crippen molar-refractivity contribution in [2.45, 2.75) is 19.4 Å². The first-order chi connectivity index (χ1) is 10.6. The van der Waals surface area contributed by atoms with Crippen LogP contribution in [0.2, 0.25) is 0 Å². The molecule has 7 heteroatoms. The zero-order chi connectivity index (χ0) is 15.5. The normalized spacial score (nSPS) is 20.0. The fourth-order valence-electron chi connectivity index (χ4n) is 2.83. The number of imide groups is 1. The van der Waals surface area contributed by atoms with Crippen molar-refractivity contribution < 1.29 is 14.4 Å². The topological polar surface area (TPSA) is 60.9 Å². The summed E-state index contributed by atoms with van der Waals surface area (Å²) >= 11 is 1.69. The third kappa shape index (κ3) is 3.36. The molecule has 1 aromatic rings. The van der Waals surface area contributed by atoms with E-state index in [0.717, 1.165) is 24.5 Å². The van der Waals surface area contributed by atoms with Gasteiger partial charge in [-0.2, -0.15) is 11.3 Å². The Bertz CT molecular complexity index is 549. The average Bonchev–Trinajstić information content (AvgIpc) is 3.13. The Kier molecular flexibility index (Phi) is 4.54. The molecule has 0 bridgehead atoms. The Morgan fingerprint density at radius 3 is 2.36 bits per heavy atom. The van der Waals surface area contributed by atoms with Crippen molar-refractivity contribution in [3.05, 3.63) is 22.4 Å². The zero-order valence-corrected chi connectivity index (χ0v) is 13.2. The average molecular weight is 321 g/mol. The summed E-state index contributed by atoms with van der Waals surface area (Å²) in [5.74, 6) is -0.581. The molecule has 3 rings (SSSR count). The van der Waals surface area contributed by atoms with Gasteiger partial charge in [0.2, 0.25) is 17.7 Å². The molecule has 0 unspecified atom stereocenters. The molecule has 0 atom stereocenters. The van der Waals surface area contributed by atoms with Gasteiger partial charge in [-0.1, -0.05) is 0 Å². The van der Waals surface area contributed by atoms with Crippen molar-refractivity contribution in [2.24, 2.45) is 0 Å². The maximum Gasteiger partial charge on any atom is 0.242 e. The Labute approximate surface area is 133 Å². The number of hydrogen-bond acceptors (Lipinski definition) is 5. The van der Waals surface area contributed by atoms with E-state index >= 15 is 0 Å². The van der Waals surface area contributed by atoms with Gasteiger partial charge in [0, 0.05) is 45.6 Å². The number of rotatable bonds is 4. The predicted octanol–water partition coefficient (Wildman–Crippen LogP) is 0.541. The summed E-state index contributed by atoms with van der Waals surface area (Å²) in [5.41, 5.74) is 1.30. The van der Waals surface area contributed by atoms with Gasteiger partial charge in [-0.25, -0.2) is 0 Å². The van der Waals surface area contributed by atoms with Crippen LogP contribution in [0.15, 0.2) is 16.8 Å². The molecule has 0 aliphatic carbocycles. The van der Waals surface area contributed by atoms with Crippen LogP contribution in [0.1, 0.15) is 18.4 Å². The van der Waals surface area contributed by atoms with Crippen LogP contribution >= 0.6 is 11.3 Å². The molecular weight excluding hydrogens is 302 g/mol. The van der Waals surface area contributed by atoms with Gasteiger partial charge in [-0.3, -0.25) is 24.2 Å². The molecule has 0 saturated carbocycles. The van der Waals surface area contributed by atoms with Gasteiger partial charge >= 0.3 is 0 Å². The Morgan fingerprint density at radius 2 is 1.77 bits per heavy atom. The molecule has 3 amide bonds. The third-order valence-corrected chi connectivity index (χ3v) is 4.89. The Hall–Kier alpha value is -1.73. The van der Waals surface area contributed by atoms with Gasteiger partial charge in [-0.05, 0) is 22.4 Å². The first kappa shape index (κ1) is 15.2. The molecule has 2 fully saturated rings. The van der Waals surface area contributed by atoms with E-state index in [0.29, 0.717) is 13.1 Å². The molecule has 3 heterocycles. The number of hydrogen-bond donors (Lipinski definition) is 0. The van der Waals surface area contributed by atoms with Crippen LogP contribution in [0.5, 0.6) is 0 Å². The van der Waals surface area contributed by atoms with Crippen molar-refractivity contribution in [1.29, 1.82) is 0 Å². The summed E-state index contributed by atoms with van der Waals surface area (Å²) in [6.45, 7) is 3.77. The Morgan fingerprint density at radius 1 is 1.09 bits per heavy atom. The van der Waals surface area contributed by atoms with E-state index in [-0.39, 0.29) is 37.1 Å². The van der Waals surface area contributed by atoms with Crippen LogP contribution in [0.25, 0.3) is 0 Å². The molecule has 22 heavy (non-hydrogen) atoms. The molecule has 0 N–H and O–H groups in total. The first-order valence-corrected chi connectivity index (χ1v) is 8.42. The maximum atomic E-state index is 12.2. The maximum absolute atomic E-state index is 12.2. The third-order valence-electron chi connectivity index (χ3n) is 4.16. The molecular formula is C15H19N3O3S. The van der Waals surface area contributed by atoms with Gasteiger partial charge in [0.15, 0.2) is 0 Å². The second-order valence-electron chi connectivity index (χ2n) is 5.66. The lowest BCUT2D eigenvalue weighted by atomic mass is 10.2. The highest BCUT2D eigenvalue weighted by atomic mass is 32.1. The molecule has 2 aliphatic rings. The lowest BCUT2D eigenvalue weighted by molar-refractivity contribution is -0.146. The monoisotopic (exact) mass is 321 g/mol. The van der Waals surface area contributed by atoms with Gasteiger partial charge in [0.1, 0.15) is 6.54 Å². The van der Waals surface area contributed by atoms with E-state index in [1.807, 2.05) is 0 Å². The highest BCUT2D eigenvalue weighted by Crippen LogP contribution is 2.14. The number of thiophene rings is 1. The first-order valence-electron chi connectivity index (χ1n) is 7.48. The quantitative estimate of drug-likeness (QED) is 0.760. The fraction of sp³-hybridized carbons (Fsp3) is 0.533. The minimum Gasteiger partial charge on any atom is -0.339 e. The molecule has 0 spiro atoms. The molecule has 1 aromatic heterocycles. The van der Waals surface area contributed by atoms with Crippen molar-refractivity contribution in [3.8, 4) is 0 Å². The highest BCUT2D eigenvalue weighted by molar-refractivity contribution is 7.07. The van der Waals surface area contributed by atoms with Crippen LogP contribution in [-0.2, 0) is 20.9 Å². The molecule has 2 saturated heterocycles. The van der Waals surface area contributed by atoms with Crippen LogP contribution in [0.3, 0.4) is 0 Å². The standard InChI is InChI=1S/C15H19N3O3S/c19-13-1-2-14(20)18(13)10-15(21)17-6-4-16(5-7-17)9-12-3-8-22-11-12/h3,8,11H,1-2,4-7,9-10H2. The smallest absolute Gasteiger partial charge is 0.242 e. The van der Waals surface area contributed by atoms with E-state index in [2.05, 4.69) is 21.7 Å². The SMILES string of the molecule is O=C(CN1C(=O)CCC1=O)N1CCN(Cc2ccsc2)CC1. The number of carbonyl (C=O) groups excluding carboxylic acids is 3. The van der Waals surface area contributed by atoms with E-state index in [4.69, 9.17) is 0 Å². The highest BCUT2D eigenvalue weighted by Gasteiger charge is 2.32. The van der Waals surface area contributed by atoms with Gasteiger partial charge in [0.25, 0.3) is 0 Å². The van der Waals surface area contributed by atoms with Crippen molar-refractivity contribution in [2.75, 3.05) is 32.7 Å². The molecule has 6 nitrogen and oxygen atoms in total. The lowest BCUT2D eigenvalue weighted by Crippen LogP contribution is -2.51. The van der Waals surface area contributed by atoms with Gasteiger partial charge in [0.05, 0.1) is 0 Å². The van der Waals surface area contributed by atoms with Crippen LogP contribution in [-0.4, -0.2) is 65.1 Å². The fourth-order valence-corrected chi connectivity index (χ4v) is 3.49. The molecule has 2 aliphatic heterocycles. The zero-order valence-electron chi connectivity index (χ0n) is 12.4. The van der Waals surface area contributed by atoms with Gasteiger partial charge < -0.3 is 4.90 Å². The number of carbonyl (C=O) groups is 3. The summed E-state index contributed by atoms with van der Waals surface area (Å²) in [6.07, 6.45) is 0.473. The summed E-state index contributed by atoms with van der Waals surface area (Å²) in [4.78, 5) is 40.5. The predicted molar refractivity (Wildman–Crippen MR) is 82.1 cm³/mol. The van der Waals surface area contributed by atoms with Crippen LogP contribution in [0.4, 0.5) is 0 Å². The molecule has 0 radical (unpaired) electrons. The summed E-state index contributed by atoms with van der Waals surface area (Å²) in [6, 6.07) is 2.12. The minimum absolute atomic E-state index is 0.0950. The van der Waals surface area contributed by atoms with Crippen molar-refractivity contribution >= 4 is 29.1 Å². The van der Waals surface area contributed by atoms with Crippen LogP contribution in [0, 0.1) is 0 Å². The lowest BCUT2D eigenvalue weighted by Gasteiger charge is -2.35. The number of amides is 3. The van der Waals surface area contributed by atoms with Crippen molar-refractivity contribution in [1.82, 2.24) is 14.7 Å². The molecule has 118 valence electrons. The molecule has 0 aromatic carbocycles. The summed E-state index contributed by atoms with van der Waals surface area (Å²) in [7, 11) is 0. The minimum atomic E-state index is -0.227. The van der Waals surface area contributed by atoms with E-state index in [1.54, 1.807) is 16.2 Å². The number of piperazine rings is 1. The summed E-state index contributed by atoms with van der Waals surface area (Å²) in [5, 5.41) is 4.21. The summed E-state index contributed by atoms with van der Waals surface area (Å²) < 4.78 is 0. The van der Waals surface area contributed by atoms with E-state index < -0.39 is 0 Å². The largest absolute Gasteiger partial charge is 0.339 e. The van der Waals surface area contributed by atoms with E-state index in [9.17, 15) is 14.4 Å². The number of likely N-dealkylation sites (tertiary alicyclic amines) is 1. The van der Waals surface area contributed by atoms with Gasteiger partial charge in [-0.15, -0.1) is 0 Å². The second kappa shape index (κ2) is 6.58.